The zero-order valence-corrected chi connectivity index (χ0v) is 19.0. The lowest BCUT2D eigenvalue weighted by Crippen LogP contribution is -2.27. The zero-order valence-electron chi connectivity index (χ0n) is 18.2. The van der Waals surface area contributed by atoms with Crippen molar-refractivity contribution in [2.75, 3.05) is 11.4 Å². The van der Waals surface area contributed by atoms with Crippen LogP contribution >= 0.6 is 0 Å². The molecule has 0 amide bonds. The van der Waals surface area contributed by atoms with Gasteiger partial charge in [0.15, 0.2) is 6.10 Å². The summed E-state index contributed by atoms with van der Waals surface area (Å²) >= 11 is 0. The summed E-state index contributed by atoms with van der Waals surface area (Å²) in [6.45, 7) is 3.52. The van der Waals surface area contributed by atoms with E-state index in [1.165, 1.54) is 38.2 Å². The fourth-order valence-corrected chi connectivity index (χ4v) is 4.38. The minimum atomic E-state index is -3.88. The van der Waals surface area contributed by atoms with E-state index in [0.717, 1.165) is 16.3 Å². The molecule has 0 N–H and O–H groups in total. The van der Waals surface area contributed by atoms with Gasteiger partial charge in [0, 0.05) is 12.6 Å². The number of anilines is 1. The first-order valence-corrected chi connectivity index (χ1v) is 11.7. The smallest absolute Gasteiger partial charge is 0.338 e. The van der Waals surface area contributed by atoms with Crippen LogP contribution in [0.1, 0.15) is 40.1 Å². The summed E-state index contributed by atoms with van der Waals surface area (Å²) in [5.74, 6) is -1.09. The van der Waals surface area contributed by atoms with Gasteiger partial charge < -0.3 is 4.74 Å². The summed E-state index contributed by atoms with van der Waals surface area (Å²) in [7, 11) is -2.44. The van der Waals surface area contributed by atoms with E-state index in [-0.39, 0.29) is 16.2 Å². The maximum absolute atomic E-state index is 13.0. The summed E-state index contributed by atoms with van der Waals surface area (Å²) in [5.41, 5.74) is 2.09. The summed E-state index contributed by atoms with van der Waals surface area (Å²) in [5, 5.41) is 0. The molecular formula is C25H25NO5S. The van der Waals surface area contributed by atoms with Crippen molar-refractivity contribution in [2.45, 2.75) is 31.3 Å². The molecule has 0 fully saturated rings. The second-order valence-corrected chi connectivity index (χ2v) is 9.27. The molecule has 32 heavy (non-hydrogen) atoms. The van der Waals surface area contributed by atoms with Crippen LogP contribution in [-0.2, 0) is 21.2 Å². The first-order chi connectivity index (χ1) is 15.2. The highest BCUT2D eigenvalue weighted by Crippen LogP contribution is 2.23. The summed E-state index contributed by atoms with van der Waals surface area (Å²) in [4.78, 5) is 25.2. The Bertz CT molecular complexity index is 1200. The van der Waals surface area contributed by atoms with E-state index < -0.39 is 22.1 Å². The number of carbonyl (C=O) groups excluding carboxylic acids is 2. The molecule has 1 atom stereocenters. The Morgan fingerprint density at radius 3 is 2.19 bits per heavy atom. The number of para-hydroxylation sites is 1. The van der Waals surface area contributed by atoms with Crippen LogP contribution in [0.25, 0.3) is 0 Å². The van der Waals surface area contributed by atoms with E-state index in [1.54, 1.807) is 42.5 Å². The molecule has 0 aliphatic heterocycles. The Morgan fingerprint density at radius 2 is 1.56 bits per heavy atom. The van der Waals surface area contributed by atoms with E-state index >= 15 is 0 Å². The molecule has 0 radical (unpaired) electrons. The standard InChI is InChI=1S/C25H25NO5S/c1-4-19-13-15-20(16-14-19)24(27)18(2)31-25(28)21-9-8-12-23(17-21)32(29,30)26(3)22-10-6-5-7-11-22/h5-18H,4H2,1-3H3. The molecular weight excluding hydrogens is 426 g/mol. The molecule has 166 valence electrons. The van der Waals surface area contributed by atoms with Gasteiger partial charge in [0.05, 0.1) is 16.1 Å². The van der Waals surface area contributed by atoms with Gasteiger partial charge in [0.1, 0.15) is 0 Å². The molecule has 3 rings (SSSR count). The van der Waals surface area contributed by atoms with E-state index in [1.807, 2.05) is 19.1 Å². The Kier molecular flexibility index (Phi) is 7.10. The lowest BCUT2D eigenvalue weighted by Gasteiger charge is -2.20. The van der Waals surface area contributed by atoms with E-state index in [0.29, 0.717) is 11.3 Å². The van der Waals surface area contributed by atoms with Crippen molar-refractivity contribution in [3.05, 3.63) is 95.6 Å². The minimum Gasteiger partial charge on any atom is -0.451 e. The Hall–Kier alpha value is -3.45. The van der Waals surface area contributed by atoms with Gasteiger partial charge in [0.25, 0.3) is 10.0 Å². The van der Waals surface area contributed by atoms with Gasteiger partial charge in [-0.25, -0.2) is 13.2 Å². The van der Waals surface area contributed by atoms with Crippen molar-refractivity contribution in [3.8, 4) is 0 Å². The van der Waals surface area contributed by atoms with Crippen molar-refractivity contribution >= 4 is 27.5 Å². The molecule has 0 spiro atoms. The number of esters is 1. The molecule has 0 aliphatic carbocycles. The molecule has 1 unspecified atom stereocenters. The largest absolute Gasteiger partial charge is 0.451 e. The number of hydrogen-bond acceptors (Lipinski definition) is 5. The number of ketones is 1. The van der Waals surface area contributed by atoms with Gasteiger partial charge in [-0.15, -0.1) is 0 Å². The highest BCUT2D eigenvalue weighted by Gasteiger charge is 2.24. The molecule has 7 heteroatoms. The topological polar surface area (TPSA) is 80.8 Å². The second kappa shape index (κ2) is 9.78. The van der Waals surface area contributed by atoms with Crippen molar-refractivity contribution in [3.63, 3.8) is 0 Å². The number of nitrogens with zero attached hydrogens (tertiary/aromatic N) is 1. The average Bonchev–Trinajstić information content (AvgIpc) is 2.83. The molecule has 3 aromatic carbocycles. The van der Waals surface area contributed by atoms with Gasteiger partial charge in [-0.1, -0.05) is 55.5 Å². The number of carbonyl (C=O) groups is 2. The van der Waals surface area contributed by atoms with E-state index in [2.05, 4.69) is 0 Å². The zero-order chi connectivity index (χ0) is 23.3. The number of sulfonamides is 1. The summed E-state index contributed by atoms with van der Waals surface area (Å²) in [6, 6.07) is 21.4. The maximum atomic E-state index is 13.0. The van der Waals surface area contributed by atoms with Gasteiger partial charge in [0.2, 0.25) is 5.78 Å². The number of benzene rings is 3. The van der Waals surface area contributed by atoms with Crippen molar-refractivity contribution < 1.29 is 22.7 Å². The van der Waals surface area contributed by atoms with E-state index in [4.69, 9.17) is 4.74 Å². The lowest BCUT2D eigenvalue weighted by molar-refractivity contribution is 0.0318. The number of Topliss-reactive ketones (excluding diaryl/α,β-unsaturated/α-hetero) is 1. The molecule has 0 aromatic heterocycles. The fourth-order valence-electron chi connectivity index (χ4n) is 3.14. The Balaban J connectivity index is 1.76. The number of ether oxygens (including phenoxy) is 1. The molecule has 0 bridgehead atoms. The molecule has 0 saturated carbocycles. The van der Waals surface area contributed by atoms with Gasteiger partial charge >= 0.3 is 5.97 Å². The molecule has 6 nitrogen and oxygen atoms in total. The van der Waals surface area contributed by atoms with Crippen LogP contribution < -0.4 is 4.31 Å². The summed E-state index contributed by atoms with van der Waals surface area (Å²) in [6.07, 6.45) is -0.153. The monoisotopic (exact) mass is 451 g/mol. The first kappa shape index (κ1) is 23.2. The van der Waals surface area contributed by atoms with Crippen LogP contribution in [0.4, 0.5) is 5.69 Å². The third-order valence-electron chi connectivity index (χ3n) is 5.15. The predicted molar refractivity (Wildman–Crippen MR) is 124 cm³/mol. The second-order valence-electron chi connectivity index (χ2n) is 7.30. The molecule has 0 heterocycles. The Morgan fingerprint density at radius 1 is 0.906 bits per heavy atom. The number of hydrogen-bond donors (Lipinski definition) is 0. The SMILES string of the molecule is CCc1ccc(C(=O)C(C)OC(=O)c2cccc(S(=O)(=O)N(C)c3ccccc3)c2)cc1. The van der Waals surface area contributed by atoms with Crippen molar-refractivity contribution in [2.24, 2.45) is 0 Å². The van der Waals surface area contributed by atoms with Crippen LogP contribution in [0, 0.1) is 0 Å². The van der Waals surface area contributed by atoms with Crippen LogP contribution in [0.15, 0.2) is 83.8 Å². The predicted octanol–water partition coefficient (Wildman–Crippen LogP) is 4.50. The van der Waals surface area contributed by atoms with Crippen LogP contribution in [0.3, 0.4) is 0 Å². The number of rotatable bonds is 8. The minimum absolute atomic E-state index is 0.0487. The highest BCUT2D eigenvalue weighted by atomic mass is 32.2. The lowest BCUT2D eigenvalue weighted by atomic mass is 10.0. The van der Waals surface area contributed by atoms with Crippen LogP contribution in [0.5, 0.6) is 0 Å². The van der Waals surface area contributed by atoms with Crippen LogP contribution in [0.2, 0.25) is 0 Å². The van der Waals surface area contributed by atoms with Gasteiger partial charge in [-0.05, 0) is 49.2 Å². The number of aryl methyl sites for hydroxylation is 1. The first-order valence-electron chi connectivity index (χ1n) is 10.2. The van der Waals surface area contributed by atoms with Crippen LogP contribution in [-0.4, -0.2) is 33.3 Å². The normalized spacial score (nSPS) is 12.1. The third kappa shape index (κ3) is 5.06. The summed E-state index contributed by atoms with van der Waals surface area (Å²) < 4.78 is 32.5. The third-order valence-corrected chi connectivity index (χ3v) is 6.93. The van der Waals surface area contributed by atoms with E-state index in [9.17, 15) is 18.0 Å². The maximum Gasteiger partial charge on any atom is 0.338 e. The molecule has 0 saturated heterocycles. The van der Waals surface area contributed by atoms with Crippen molar-refractivity contribution in [1.29, 1.82) is 0 Å². The molecule has 3 aromatic rings. The van der Waals surface area contributed by atoms with Gasteiger partial charge in [-0.3, -0.25) is 9.10 Å². The fraction of sp³-hybridized carbons (Fsp3) is 0.200. The quantitative estimate of drug-likeness (QED) is 0.372. The van der Waals surface area contributed by atoms with Crippen molar-refractivity contribution in [1.82, 2.24) is 0 Å². The average molecular weight is 452 g/mol. The van der Waals surface area contributed by atoms with Gasteiger partial charge in [-0.2, -0.15) is 0 Å². The highest BCUT2D eigenvalue weighted by molar-refractivity contribution is 7.92. The molecule has 0 aliphatic rings. The Labute approximate surface area is 188 Å².